The summed E-state index contributed by atoms with van der Waals surface area (Å²) < 4.78 is 20.4. The summed E-state index contributed by atoms with van der Waals surface area (Å²) >= 11 is 0. The second-order valence-electron chi connectivity index (χ2n) is 3.65. The molecule has 0 heterocycles. The molecule has 7 heteroatoms. The molecule has 0 aromatic heterocycles. The van der Waals surface area contributed by atoms with Crippen LogP contribution in [0.2, 0.25) is 0 Å². The topological polar surface area (TPSA) is 75.3 Å². The molecule has 1 aromatic rings. The highest BCUT2D eigenvalue weighted by atomic mass is 16.7. The number of amides is 1. The van der Waals surface area contributed by atoms with Crippen LogP contribution < -0.4 is 19.7 Å². The van der Waals surface area contributed by atoms with Gasteiger partial charge in [0.15, 0.2) is 11.5 Å². The Bertz CT molecular complexity index is 449. The number of hydroxylamine groups is 1. The van der Waals surface area contributed by atoms with Crippen molar-refractivity contribution in [3.05, 3.63) is 17.7 Å². The molecule has 0 fully saturated rings. The maximum absolute atomic E-state index is 12.0. The summed E-state index contributed by atoms with van der Waals surface area (Å²) in [4.78, 5) is 17.0. The fourth-order valence-corrected chi connectivity index (χ4v) is 1.58. The average Bonchev–Trinajstić information content (AvgIpc) is 2.49. The number of benzene rings is 1. The van der Waals surface area contributed by atoms with Crippen LogP contribution in [0.3, 0.4) is 0 Å². The number of carbonyl (C=O) groups is 1. The van der Waals surface area contributed by atoms with Gasteiger partial charge in [-0.25, -0.2) is 5.48 Å². The molecule has 7 nitrogen and oxygen atoms in total. The minimum Gasteiger partial charge on any atom is -0.493 e. The molecule has 0 radical (unpaired) electrons. The molecule has 0 bridgehead atoms. The highest BCUT2D eigenvalue weighted by Gasteiger charge is 2.20. The van der Waals surface area contributed by atoms with Gasteiger partial charge in [-0.05, 0) is 12.1 Å². The highest BCUT2D eigenvalue weighted by Crippen LogP contribution is 2.39. The third-order valence-electron chi connectivity index (χ3n) is 2.50. The highest BCUT2D eigenvalue weighted by molar-refractivity contribution is 5.97. The Morgan fingerprint density at radius 2 is 1.70 bits per heavy atom. The molecular formula is C13H19NO6. The summed E-state index contributed by atoms with van der Waals surface area (Å²) in [5.41, 5.74) is 2.58. The molecule has 0 saturated carbocycles. The Morgan fingerprint density at radius 3 is 2.25 bits per heavy atom. The van der Waals surface area contributed by atoms with Crippen molar-refractivity contribution in [3.8, 4) is 17.2 Å². The van der Waals surface area contributed by atoms with E-state index >= 15 is 0 Å². The van der Waals surface area contributed by atoms with Crippen molar-refractivity contribution >= 4 is 5.91 Å². The largest absolute Gasteiger partial charge is 0.493 e. The van der Waals surface area contributed by atoms with E-state index in [-0.39, 0.29) is 17.9 Å². The summed E-state index contributed by atoms with van der Waals surface area (Å²) in [7, 11) is 5.96. The number of rotatable bonds is 8. The summed E-state index contributed by atoms with van der Waals surface area (Å²) in [5, 5.41) is 0. The van der Waals surface area contributed by atoms with E-state index in [0.29, 0.717) is 18.1 Å². The van der Waals surface area contributed by atoms with Gasteiger partial charge in [0.25, 0.3) is 5.91 Å². The lowest BCUT2D eigenvalue weighted by Crippen LogP contribution is -2.26. The van der Waals surface area contributed by atoms with Crippen LogP contribution in [0.4, 0.5) is 0 Å². The van der Waals surface area contributed by atoms with Crippen molar-refractivity contribution in [1.29, 1.82) is 0 Å². The Kier molecular flexibility index (Phi) is 6.61. The maximum Gasteiger partial charge on any atom is 0.278 e. The molecule has 0 aliphatic heterocycles. The zero-order valence-corrected chi connectivity index (χ0v) is 12.0. The normalized spacial score (nSPS) is 10.0. The van der Waals surface area contributed by atoms with Crippen LogP contribution in [0.15, 0.2) is 12.1 Å². The van der Waals surface area contributed by atoms with Gasteiger partial charge in [0.2, 0.25) is 5.75 Å². The van der Waals surface area contributed by atoms with Gasteiger partial charge in [0.05, 0.1) is 40.1 Å². The number of ether oxygens (including phenoxy) is 4. The van der Waals surface area contributed by atoms with Crippen LogP contribution in [0, 0.1) is 0 Å². The SMILES string of the molecule is COCCONC(=O)c1ccc(OC)c(OC)c1OC. The summed E-state index contributed by atoms with van der Waals surface area (Å²) in [6, 6.07) is 3.18. The molecule has 112 valence electrons. The number of hydrogen-bond donors (Lipinski definition) is 1. The Balaban J connectivity index is 2.91. The molecule has 1 N–H and O–H groups in total. The molecule has 0 atom stereocenters. The smallest absolute Gasteiger partial charge is 0.278 e. The van der Waals surface area contributed by atoms with Crippen molar-refractivity contribution in [2.24, 2.45) is 0 Å². The second kappa shape index (κ2) is 8.23. The van der Waals surface area contributed by atoms with E-state index in [4.69, 9.17) is 23.8 Å². The zero-order valence-electron chi connectivity index (χ0n) is 12.0. The molecular weight excluding hydrogens is 266 g/mol. The Labute approximate surface area is 117 Å². The van der Waals surface area contributed by atoms with Crippen LogP contribution in [-0.4, -0.2) is 47.6 Å². The predicted octanol–water partition coefficient (Wildman–Crippen LogP) is 1.02. The van der Waals surface area contributed by atoms with Crippen LogP contribution >= 0.6 is 0 Å². The monoisotopic (exact) mass is 285 g/mol. The fourth-order valence-electron chi connectivity index (χ4n) is 1.58. The molecule has 1 aromatic carbocycles. The van der Waals surface area contributed by atoms with Crippen molar-refractivity contribution in [2.45, 2.75) is 0 Å². The van der Waals surface area contributed by atoms with Gasteiger partial charge in [-0.3, -0.25) is 9.63 Å². The van der Waals surface area contributed by atoms with Gasteiger partial charge < -0.3 is 18.9 Å². The lowest BCUT2D eigenvalue weighted by atomic mass is 10.1. The summed E-state index contributed by atoms with van der Waals surface area (Å²) in [6.45, 7) is 0.626. The third-order valence-corrected chi connectivity index (χ3v) is 2.50. The van der Waals surface area contributed by atoms with Gasteiger partial charge in [-0.15, -0.1) is 0 Å². The van der Waals surface area contributed by atoms with Crippen molar-refractivity contribution in [2.75, 3.05) is 41.7 Å². The molecule has 0 aliphatic rings. The van der Waals surface area contributed by atoms with Crippen LogP contribution in [0.5, 0.6) is 17.2 Å². The maximum atomic E-state index is 12.0. The minimum absolute atomic E-state index is 0.248. The van der Waals surface area contributed by atoms with Crippen LogP contribution in [0.1, 0.15) is 10.4 Å². The molecule has 0 aliphatic carbocycles. The van der Waals surface area contributed by atoms with Gasteiger partial charge >= 0.3 is 0 Å². The predicted molar refractivity (Wildman–Crippen MR) is 71.4 cm³/mol. The van der Waals surface area contributed by atoms with E-state index in [9.17, 15) is 4.79 Å². The quantitative estimate of drug-likeness (QED) is 0.568. The lowest BCUT2D eigenvalue weighted by Gasteiger charge is -2.15. The number of hydrogen-bond acceptors (Lipinski definition) is 6. The molecule has 1 amide bonds. The fraction of sp³-hybridized carbons (Fsp3) is 0.462. The first-order valence-electron chi connectivity index (χ1n) is 5.89. The van der Waals surface area contributed by atoms with Gasteiger partial charge in [0, 0.05) is 7.11 Å². The number of nitrogens with one attached hydrogen (secondary N) is 1. The van der Waals surface area contributed by atoms with E-state index in [2.05, 4.69) is 5.48 Å². The van der Waals surface area contributed by atoms with Crippen molar-refractivity contribution in [1.82, 2.24) is 5.48 Å². The molecule has 0 unspecified atom stereocenters. The summed E-state index contributed by atoms with van der Waals surface area (Å²) in [6.07, 6.45) is 0. The molecule has 0 saturated heterocycles. The van der Waals surface area contributed by atoms with Gasteiger partial charge in [0.1, 0.15) is 0 Å². The van der Waals surface area contributed by atoms with E-state index in [0.717, 1.165) is 0 Å². The first-order valence-corrected chi connectivity index (χ1v) is 5.89. The van der Waals surface area contributed by atoms with E-state index in [1.807, 2.05) is 0 Å². The van der Waals surface area contributed by atoms with Crippen molar-refractivity contribution in [3.63, 3.8) is 0 Å². The Morgan fingerprint density at radius 1 is 1.00 bits per heavy atom. The van der Waals surface area contributed by atoms with Crippen molar-refractivity contribution < 1.29 is 28.6 Å². The number of carbonyl (C=O) groups excluding carboxylic acids is 1. The Hall–Kier alpha value is -1.99. The first-order chi connectivity index (χ1) is 9.69. The van der Waals surface area contributed by atoms with Crippen LogP contribution in [0.25, 0.3) is 0 Å². The molecule has 0 spiro atoms. The molecule has 1 rings (SSSR count). The average molecular weight is 285 g/mol. The van der Waals surface area contributed by atoms with E-state index in [1.54, 1.807) is 19.2 Å². The summed E-state index contributed by atoms with van der Waals surface area (Å²) in [5.74, 6) is 0.652. The van der Waals surface area contributed by atoms with E-state index in [1.165, 1.54) is 21.3 Å². The van der Waals surface area contributed by atoms with Gasteiger partial charge in [-0.1, -0.05) is 0 Å². The van der Waals surface area contributed by atoms with Gasteiger partial charge in [-0.2, -0.15) is 0 Å². The lowest BCUT2D eigenvalue weighted by molar-refractivity contribution is 0.00871. The van der Waals surface area contributed by atoms with Crippen LogP contribution in [-0.2, 0) is 9.57 Å². The van der Waals surface area contributed by atoms with E-state index < -0.39 is 5.91 Å². The molecule has 20 heavy (non-hydrogen) atoms. The standard InChI is InChI=1S/C13H19NO6/c1-16-7-8-20-14-13(15)9-5-6-10(17-2)12(19-4)11(9)18-3/h5-6H,7-8H2,1-4H3,(H,14,15). The second-order valence-corrected chi connectivity index (χ2v) is 3.65. The number of methoxy groups -OCH3 is 4. The zero-order chi connectivity index (χ0) is 15.0. The third kappa shape index (κ3) is 3.75. The minimum atomic E-state index is -0.445. The first kappa shape index (κ1) is 16.1.